The van der Waals surface area contributed by atoms with Gasteiger partial charge in [-0.25, -0.2) is 9.97 Å². The molecular formula is C52H34N4. The second kappa shape index (κ2) is 13.1. The number of benzene rings is 8. The predicted molar refractivity (Wildman–Crippen MR) is 232 cm³/mol. The fourth-order valence-corrected chi connectivity index (χ4v) is 8.29. The van der Waals surface area contributed by atoms with Crippen molar-refractivity contribution in [1.29, 1.82) is 0 Å². The van der Waals surface area contributed by atoms with Crippen LogP contribution in [-0.4, -0.2) is 19.1 Å². The maximum atomic E-state index is 5.36. The molecule has 0 aliphatic heterocycles. The lowest BCUT2D eigenvalue weighted by atomic mass is 9.94. The SMILES string of the molecule is c1ccc(-c2cc(-c3ccccc3)cc(-c3nc(-c4ccc(-n5c6ccccc6c6ccc7ccn(-c8ccccc8)c7c65)cc4)nc4ccccc34)c2)cc1. The molecule has 0 bridgehead atoms. The van der Waals surface area contributed by atoms with E-state index in [1.54, 1.807) is 0 Å². The molecule has 0 unspecified atom stereocenters. The van der Waals surface area contributed by atoms with Gasteiger partial charge in [0, 0.05) is 50.2 Å². The summed E-state index contributed by atoms with van der Waals surface area (Å²) >= 11 is 0. The zero-order valence-corrected chi connectivity index (χ0v) is 30.4. The quantitative estimate of drug-likeness (QED) is 0.172. The number of para-hydroxylation sites is 3. The lowest BCUT2D eigenvalue weighted by Gasteiger charge is -2.14. The van der Waals surface area contributed by atoms with Gasteiger partial charge in [0.05, 0.1) is 27.8 Å². The Bertz CT molecular complexity index is 3160. The molecule has 0 aliphatic rings. The van der Waals surface area contributed by atoms with Gasteiger partial charge in [0.15, 0.2) is 5.82 Å². The topological polar surface area (TPSA) is 35.6 Å². The largest absolute Gasteiger partial charge is 0.315 e. The second-order valence-electron chi connectivity index (χ2n) is 14.3. The van der Waals surface area contributed by atoms with Crippen molar-refractivity contribution in [3.63, 3.8) is 0 Å². The summed E-state index contributed by atoms with van der Waals surface area (Å²) in [6.45, 7) is 0. The highest BCUT2D eigenvalue weighted by Gasteiger charge is 2.19. The van der Waals surface area contributed by atoms with E-state index in [1.165, 1.54) is 43.8 Å². The molecule has 0 atom stereocenters. The summed E-state index contributed by atoms with van der Waals surface area (Å²) in [5, 5.41) is 4.67. The van der Waals surface area contributed by atoms with E-state index in [0.29, 0.717) is 5.82 Å². The Morgan fingerprint density at radius 1 is 0.357 bits per heavy atom. The number of aromatic nitrogens is 4. The highest BCUT2D eigenvalue weighted by molar-refractivity contribution is 6.18. The van der Waals surface area contributed by atoms with E-state index >= 15 is 0 Å². The Labute approximate surface area is 324 Å². The normalized spacial score (nSPS) is 11.6. The Morgan fingerprint density at radius 3 is 1.68 bits per heavy atom. The van der Waals surface area contributed by atoms with E-state index in [0.717, 1.165) is 50.2 Å². The Hall–Kier alpha value is -7.56. The van der Waals surface area contributed by atoms with Crippen LogP contribution in [-0.2, 0) is 0 Å². The van der Waals surface area contributed by atoms with Crippen LogP contribution in [0.25, 0.3) is 99.9 Å². The molecule has 0 aliphatic carbocycles. The summed E-state index contributed by atoms with van der Waals surface area (Å²) in [6, 6.07) is 71.0. The highest BCUT2D eigenvalue weighted by Crippen LogP contribution is 2.39. The molecule has 3 aromatic heterocycles. The van der Waals surface area contributed by atoms with Crippen molar-refractivity contribution in [1.82, 2.24) is 19.1 Å². The van der Waals surface area contributed by atoms with Gasteiger partial charge in [0.2, 0.25) is 0 Å². The van der Waals surface area contributed by atoms with Crippen molar-refractivity contribution < 1.29 is 0 Å². The number of hydrogen-bond acceptors (Lipinski definition) is 2. The molecule has 11 aromatic rings. The lowest BCUT2D eigenvalue weighted by molar-refractivity contribution is 1.11. The lowest BCUT2D eigenvalue weighted by Crippen LogP contribution is -1.99. The van der Waals surface area contributed by atoms with Gasteiger partial charge in [-0.05, 0) is 95.1 Å². The first-order valence-corrected chi connectivity index (χ1v) is 19.0. The van der Waals surface area contributed by atoms with Crippen LogP contribution in [0.5, 0.6) is 0 Å². The molecule has 0 spiro atoms. The maximum Gasteiger partial charge on any atom is 0.160 e. The van der Waals surface area contributed by atoms with Crippen LogP contribution in [0.4, 0.5) is 0 Å². The second-order valence-corrected chi connectivity index (χ2v) is 14.3. The van der Waals surface area contributed by atoms with Crippen molar-refractivity contribution >= 4 is 43.6 Å². The third-order valence-electron chi connectivity index (χ3n) is 10.9. The molecule has 262 valence electrons. The minimum Gasteiger partial charge on any atom is -0.315 e. The molecule has 56 heavy (non-hydrogen) atoms. The van der Waals surface area contributed by atoms with Crippen molar-refractivity contribution in [2.75, 3.05) is 0 Å². The van der Waals surface area contributed by atoms with Gasteiger partial charge in [0.25, 0.3) is 0 Å². The molecular weight excluding hydrogens is 681 g/mol. The highest BCUT2D eigenvalue weighted by atomic mass is 15.0. The van der Waals surface area contributed by atoms with E-state index in [2.05, 4.69) is 216 Å². The van der Waals surface area contributed by atoms with Gasteiger partial charge in [-0.1, -0.05) is 127 Å². The standard InChI is InChI=1S/C52H34N4/c1-4-14-35(15-5-1)39-32-40(36-16-6-2-7-17-36)34-41(33-39)49-46-21-10-12-22-47(46)53-52(54-49)38-24-27-43(28-25-38)56-48-23-13-11-20-44(48)45-29-26-37-30-31-55(50(37)51(45)56)42-18-8-3-9-19-42/h1-34H. The minimum absolute atomic E-state index is 0.694. The monoisotopic (exact) mass is 714 g/mol. The third-order valence-corrected chi connectivity index (χ3v) is 10.9. The molecule has 4 nitrogen and oxygen atoms in total. The van der Waals surface area contributed by atoms with Gasteiger partial charge in [-0.3, -0.25) is 0 Å². The molecule has 0 saturated heterocycles. The first-order chi connectivity index (χ1) is 27.8. The summed E-state index contributed by atoms with van der Waals surface area (Å²) < 4.78 is 4.71. The van der Waals surface area contributed by atoms with Gasteiger partial charge in [-0.2, -0.15) is 0 Å². The number of hydrogen-bond donors (Lipinski definition) is 0. The van der Waals surface area contributed by atoms with Crippen LogP contribution in [0.2, 0.25) is 0 Å². The van der Waals surface area contributed by atoms with Crippen LogP contribution in [0.15, 0.2) is 206 Å². The molecule has 4 heteroatoms. The van der Waals surface area contributed by atoms with E-state index in [4.69, 9.17) is 9.97 Å². The molecule has 0 saturated carbocycles. The smallest absolute Gasteiger partial charge is 0.160 e. The average molecular weight is 715 g/mol. The minimum atomic E-state index is 0.694. The van der Waals surface area contributed by atoms with E-state index in [1.807, 2.05) is 0 Å². The van der Waals surface area contributed by atoms with Gasteiger partial charge < -0.3 is 9.13 Å². The predicted octanol–water partition coefficient (Wildman–Crippen LogP) is 13.3. The van der Waals surface area contributed by atoms with Gasteiger partial charge >= 0.3 is 0 Å². The van der Waals surface area contributed by atoms with Crippen molar-refractivity contribution in [3.8, 4) is 56.3 Å². The fourth-order valence-electron chi connectivity index (χ4n) is 8.29. The third kappa shape index (κ3) is 5.31. The zero-order chi connectivity index (χ0) is 37.0. The van der Waals surface area contributed by atoms with E-state index < -0.39 is 0 Å². The summed E-state index contributed by atoms with van der Waals surface area (Å²) in [4.78, 5) is 10.5. The maximum absolute atomic E-state index is 5.36. The fraction of sp³-hybridized carbons (Fsp3) is 0. The molecule has 8 aromatic carbocycles. The summed E-state index contributed by atoms with van der Waals surface area (Å²) in [7, 11) is 0. The first-order valence-electron chi connectivity index (χ1n) is 19.0. The van der Waals surface area contributed by atoms with Crippen molar-refractivity contribution in [2.24, 2.45) is 0 Å². The molecule has 3 heterocycles. The van der Waals surface area contributed by atoms with E-state index in [-0.39, 0.29) is 0 Å². The summed E-state index contributed by atoms with van der Waals surface area (Å²) in [5.41, 5.74) is 14.2. The van der Waals surface area contributed by atoms with E-state index in [9.17, 15) is 0 Å². The Balaban J connectivity index is 1.08. The summed E-state index contributed by atoms with van der Waals surface area (Å²) in [5.74, 6) is 0.694. The molecule has 11 rings (SSSR count). The Kier molecular flexibility index (Phi) is 7.46. The van der Waals surface area contributed by atoms with Crippen LogP contribution in [0.3, 0.4) is 0 Å². The molecule has 0 radical (unpaired) electrons. The van der Waals surface area contributed by atoms with Crippen LogP contribution >= 0.6 is 0 Å². The number of fused-ring (bicyclic) bond motifs is 6. The Morgan fingerprint density at radius 2 is 0.964 bits per heavy atom. The molecule has 0 fully saturated rings. The zero-order valence-electron chi connectivity index (χ0n) is 30.4. The van der Waals surface area contributed by atoms with Crippen LogP contribution in [0.1, 0.15) is 0 Å². The summed E-state index contributed by atoms with van der Waals surface area (Å²) in [6.07, 6.45) is 2.18. The number of rotatable bonds is 6. The average Bonchev–Trinajstić information content (AvgIpc) is 3.86. The van der Waals surface area contributed by atoms with Crippen molar-refractivity contribution in [3.05, 3.63) is 206 Å². The van der Waals surface area contributed by atoms with Crippen LogP contribution < -0.4 is 0 Å². The van der Waals surface area contributed by atoms with Crippen molar-refractivity contribution in [2.45, 2.75) is 0 Å². The van der Waals surface area contributed by atoms with Gasteiger partial charge in [-0.15, -0.1) is 0 Å². The first kappa shape index (κ1) is 31.9. The molecule has 0 amide bonds. The van der Waals surface area contributed by atoms with Gasteiger partial charge in [0.1, 0.15) is 0 Å². The van der Waals surface area contributed by atoms with Crippen LogP contribution in [0, 0.1) is 0 Å². The number of nitrogens with zero attached hydrogens (tertiary/aromatic N) is 4. The molecule has 0 N–H and O–H groups in total.